The molecule has 5 nitrogen and oxygen atoms in total. The number of nitrogens with one attached hydrogen (secondary N) is 3. The summed E-state index contributed by atoms with van der Waals surface area (Å²) < 4.78 is 13.3. The summed E-state index contributed by atoms with van der Waals surface area (Å²) in [6, 6.07) is 9.72. The van der Waals surface area contributed by atoms with E-state index in [0.29, 0.717) is 17.8 Å². The van der Waals surface area contributed by atoms with Crippen LogP contribution in [0.2, 0.25) is 5.02 Å². The Kier molecular flexibility index (Phi) is 6.14. The topological polar surface area (TPSA) is 70.2 Å². The third-order valence-electron chi connectivity index (χ3n) is 3.08. The molecule has 3 amide bonds. The van der Waals surface area contributed by atoms with Crippen LogP contribution in [0, 0.1) is 5.82 Å². The number of hydrogen-bond donors (Lipinski definition) is 3. The summed E-state index contributed by atoms with van der Waals surface area (Å²) in [6.07, 6.45) is 0.808. The van der Waals surface area contributed by atoms with Crippen LogP contribution >= 0.6 is 11.6 Å². The largest absolute Gasteiger partial charge is 0.352 e. The van der Waals surface area contributed by atoms with Crippen molar-refractivity contribution >= 4 is 34.9 Å². The highest BCUT2D eigenvalue weighted by molar-refractivity contribution is 6.31. The van der Waals surface area contributed by atoms with Gasteiger partial charge < -0.3 is 16.0 Å². The van der Waals surface area contributed by atoms with Crippen molar-refractivity contribution < 1.29 is 14.0 Å². The van der Waals surface area contributed by atoms with Crippen molar-refractivity contribution in [3.63, 3.8) is 0 Å². The molecule has 2 aromatic carbocycles. The van der Waals surface area contributed by atoms with E-state index in [1.54, 1.807) is 24.3 Å². The SMILES string of the molecule is CCCNC(=O)c1ccccc1NC(=O)Nc1cc(F)cc(Cl)c1. The first-order valence-corrected chi connectivity index (χ1v) is 7.78. The van der Waals surface area contributed by atoms with Gasteiger partial charge in [-0.1, -0.05) is 30.7 Å². The molecule has 0 bridgehead atoms. The zero-order chi connectivity index (χ0) is 17.5. The predicted molar refractivity (Wildman–Crippen MR) is 93.1 cm³/mol. The fraction of sp³-hybridized carbons (Fsp3) is 0.176. The van der Waals surface area contributed by atoms with Crippen molar-refractivity contribution in [2.75, 3.05) is 17.2 Å². The van der Waals surface area contributed by atoms with E-state index in [1.807, 2.05) is 6.92 Å². The van der Waals surface area contributed by atoms with Crippen LogP contribution in [-0.4, -0.2) is 18.5 Å². The molecule has 3 N–H and O–H groups in total. The predicted octanol–water partition coefficient (Wildman–Crippen LogP) is 4.26. The molecule has 7 heteroatoms. The number of para-hydroxylation sites is 1. The standard InChI is InChI=1S/C17H17ClFN3O2/c1-2-7-20-16(23)14-5-3-4-6-15(14)22-17(24)21-13-9-11(18)8-12(19)10-13/h3-6,8-10H,2,7H2,1H3,(H,20,23)(H2,21,22,24). The number of anilines is 2. The molecule has 0 spiro atoms. The average Bonchev–Trinajstić information content (AvgIpc) is 2.52. The van der Waals surface area contributed by atoms with Crippen LogP contribution in [0.3, 0.4) is 0 Å². The molecule has 0 radical (unpaired) electrons. The highest BCUT2D eigenvalue weighted by Gasteiger charge is 2.13. The molecule has 0 unspecified atom stereocenters. The maximum atomic E-state index is 13.3. The van der Waals surface area contributed by atoms with Gasteiger partial charge in [0.1, 0.15) is 5.82 Å². The molecule has 0 atom stereocenters. The van der Waals surface area contributed by atoms with E-state index in [4.69, 9.17) is 11.6 Å². The lowest BCUT2D eigenvalue weighted by Crippen LogP contribution is -2.27. The first-order chi connectivity index (χ1) is 11.5. The Balaban J connectivity index is 2.10. The number of urea groups is 1. The van der Waals surface area contributed by atoms with Gasteiger partial charge >= 0.3 is 6.03 Å². The Hall–Kier alpha value is -2.60. The van der Waals surface area contributed by atoms with E-state index in [9.17, 15) is 14.0 Å². The number of amides is 3. The lowest BCUT2D eigenvalue weighted by molar-refractivity contribution is 0.0954. The second kappa shape index (κ2) is 8.31. The smallest absolute Gasteiger partial charge is 0.323 e. The fourth-order valence-corrected chi connectivity index (χ4v) is 2.26. The monoisotopic (exact) mass is 349 g/mol. The maximum absolute atomic E-state index is 13.3. The molecule has 2 rings (SSSR count). The van der Waals surface area contributed by atoms with Crippen LogP contribution in [0.25, 0.3) is 0 Å². The molecule has 0 saturated heterocycles. The van der Waals surface area contributed by atoms with Gasteiger partial charge in [0.15, 0.2) is 0 Å². The number of rotatable bonds is 5. The lowest BCUT2D eigenvalue weighted by Gasteiger charge is -2.12. The van der Waals surface area contributed by atoms with Crippen LogP contribution in [0.1, 0.15) is 23.7 Å². The van der Waals surface area contributed by atoms with Gasteiger partial charge in [0.05, 0.1) is 11.3 Å². The molecule has 0 heterocycles. The van der Waals surface area contributed by atoms with Crippen molar-refractivity contribution in [2.45, 2.75) is 13.3 Å². The van der Waals surface area contributed by atoms with Crippen LogP contribution in [0.15, 0.2) is 42.5 Å². The molecule has 0 aliphatic heterocycles. The summed E-state index contributed by atoms with van der Waals surface area (Å²) in [7, 11) is 0. The molecular formula is C17H17ClFN3O2. The molecule has 0 aliphatic carbocycles. The Morgan fingerprint density at radius 1 is 1.12 bits per heavy atom. The minimum Gasteiger partial charge on any atom is -0.352 e. The van der Waals surface area contributed by atoms with E-state index >= 15 is 0 Å². The molecule has 0 fully saturated rings. The third-order valence-corrected chi connectivity index (χ3v) is 3.29. The second-order valence-electron chi connectivity index (χ2n) is 5.04. The summed E-state index contributed by atoms with van der Waals surface area (Å²) in [5, 5.41) is 7.97. The summed E-state index contributed by atoms with van der Waals surface area (Å²) in [5.74, 6) is -0.835. The highest BCUT2D eigenvalue weighted by atomic mass is 35.5. The number of halogens is 2. The van der Waals surface area contributed by atoms with Gasteiger partial charge in [-0.15, -0.1) is 0 Å². The maximum Gasteiger partial charge on any atom is 0.323 e. The van der Waals surface area contributed by atoms with Crippen molar-refractivity contribution in [3.05, 3.63) is 58.9 Å². The first-order valence-electron chi connectivity index (χ1n) is 7.41. The molecule has 2 aromatic rings. The van der Waals surface area contributed by atoms with Crippen LogP contribution in [0.5, 0.6) is 0 Å². The zero-order valence-electron chi connectivity index (χ0n) is 13.0. The minimum absolute atomic E-state index is 0.171. The van der Waals surface area contributed by atoms with Crippen LogP contribution < -0.4 is 16.0 Å². The quantitative estimate of drug-likeness (QED) is 0.754. The second-order valence-corrected chi connectivity index (χ2v) is 5.48. The normalized spacial score (nSPS) is 10.1. The van der Waals surface area contributed by atoms with Gasteiger partial charge in [-0.3, -0.25) is 4.79 Å². The summed E-state index contributed by atoms with van der Waals surface area (Å²) in [6.45, 7) is 2.49. The number of carbonyl (C=O) groups is 2. The van der Waals surface area contributed by atoms with Crippen LogP contribution in [-0.2, 0) is 0 Å². The van der Waals surface area contributed by atoms with Gasteiger partial charge in [0.2, 0.25) is 0 Å². The van der Waals surface area contributed by atoms with Crippen molar-refractivity contribution in [3.8, 4) is 0 Å². The lowest BCUT2D eigenvalue weighted by atomic mass is 10.1. The Bertz CT molecular complexity index is 732. The summed E-state index contributed by atoms with van der Waals surface area (Å²) in [5.41, 5.74) is 0.912. The van der Waals surface area contributed by atoms with Gasteiger partial charge in [-0.25, -0.2) is 9.18 Å². The number of carbonyl (C=O) groups excluding carboxylic acids is 2. The van der Waals surface area contributed by atoms with Gasteiger partial charge in [0, 0.05) is 17.3 Å². The molecule has 24 heavy (non-hydrogen) atoms. The first kappa shape index (κ1) is 17.7. The Morgan fingerprint density at radius 2 is 1.88 bits per heavy atom. The van der Waals surface area contributed by atoms with Gasteiger partial charge in [0.25, 0.3) is 5.91 Å². The van der Waals surface area contributed by atoms with E-state index in [-0.39, 0.29) is 16.6 Å². The third kappa shape index (κ3) is 4.96. The van der Waals surface area contributed by atoms with E-state index in [0.717, 1.165) is 18.6 Å². The summed E-state index contributed by atoms with van der Waals surface area (Å²) in [4.78, 5) is 24.2. The van der Waals surface area contributed by atoms with E-state index in [2.05, 4.69) is 16.0 Å². The molecule has 0 aliphatic rings. The molecule has 0 saturated carbocycles. The fourth-order valence-electron chi connectivity index (χ4n) is 2.03. The minimum atomic E-state index is -0.604. The molecular weight excluding hydrogens is 333 g/mol. The van der Waals surface area contributed by atoms with Crippen molar-refractivity contribution in [1.29, 1.82) is 0 Å². The number of hydrogen-bond acceptors (Lipinski definition) is 2. The van der Waals surface area contributed by atoms with Gasteiger partial charge in [-0.2, -0.15) is 0 Å². The summed E-state index contributed by atoms with van der Waals surface area (Å²) >= 11 is 5.74. The van der Waals surface area contributed by atoms with Crippen LogP contribution in [0.4, 0.5) is 20.6 Å². The molecule has 126 valence electrons. The number of benzene rings is 2. The van der Waals surface area contributed by atoms with Gasteiger partial charge in [-0.05, 0) is 36.8 Å². The van der Waals surface area contributed by atoms with E-state index in [1.165, 1.54) is 6.07 Å². The highest BCUT2D eigenvalue weighted by Crippen LogP contribution is 2.19. The van der Waals surface area contributed by atoms with Crippen molar-refractivity contribution in [2.24, 2.45) is 0 Å². The Morgan fingerprint density at radius 3 is 2.58 bits per heavy atom. The Labute approximate surface area is 144 Å². The zero-order valence-corrected chi connectivity index (χ0v) is 13.8. The van der Waals surface area contributed by atoms with Crippen molar-refractivity contribution in [1.82, 2.24) is 5.32 Å². The molecule has 0 aromatic heterocycles. The average molecular weight is 350 g/mol. The van der Waals surface area contributed by atoms with E-state index < -0.39 is 11.8 Å².